The second kappa shape index (κ2) is 9.43. The standard InChI is InChI=1S/C22H17ClN4O3S/c1-15(17-7-5-16(14-24)6-8-17)25-26-22(28)18-3-2-4-21(13-18)31(29,30)27-20-11-9-19(23)10-12-20/h2-13,27H,1H3,(H,26,28)/b25-15-. The van der Waals surface area contributed by atoms with Gasteiger partial charge in [0, 0.05) is 16.3 Å². The first-order chi connectivity index (χ1) is 14.8. The van der Waals surface area contributed by atoms with Crippen molar-refractivity contribution in [2.75, 3.05) is 4.72 Å². The summed E-state index contributed by atoms with van der Waals surface area (Å²) in [6, 6.07) is 20.6. The fraction of sp³-hybridized carbons (Fsp3) is 0.0455. The summed E-state index contributed by atoms with van der Waals surface area (Å²) in [7, 11) is -3.90. The number of benzene rings is 3. The van der Waals surface area contributed by atoms with Crippen LogP contribution in [0.2, 0.25) is 5.02 Å². The van der Waals surface area contributed by atoms with E-state index in [1.165, 1.54) is 36.4 Å². The van der Waals surface area contributed by atoms with Crippen molar-refractivity contribution in [1.29, 1.82) is 5.26 Å². The van der Waals surface area contributed by atoms with E-state index in [1.54, 1.807) is 43.3 Å². The smallest absolute Gasteiger partial charge is 0.271 e. The molecule has 3 rings (SSSR count). The highest BCUT2D eigenvalue weighted by atomic mass is 35.5. The van der Waals surface area contributed by atoms with Crippen molar-refractivity contribution in [3.05, 3.63) is 94.5 Å². The zero-order valence-corrected chi connectivity index (χ0v) is 17.9. The van der Waals surface area contributed by atoms with E-state index in [4.69, 9.17) is 16.9 Å². The molecule has 0 bridgehead atoms. The first-order valence-corrected chi connectivity index (χ1v) is 10.9. The van der Waals surface area contributed by atoms with Crippen LogP contribution in [0.1, 0.15) is 28.4 Å². The van der Waals surface area contributed by atoms with Crippen LogP contribution in [0.4, 0.5) is 5.69 Å². The van der Waals surface area contributed by atoms with E-state index >= 15 is 0 Å². The molecule has 0 heterocycles. The number of nitrogens with one attached hydrogen (secondary N) is 2. The molecule has 0 aliphatic carbocycles. The van der Waals surface area contributed by atoms with Gasteiger partial charge in [0.25, 0.3) is 15.9 Å². The van der Waals surface area contributed by atoms with Gasteiger partial charge in [-0.1, -0.05) is 29.8 Å². The number of hydrazone groups is 1. The molecule has 0 unspecified atom stereocenters. The molecule has 0 saturated carbocycles. The molecule has 0 aliphatic rings. The molecule has 0 aliphatic heterocycles. The SMILES string of the molecule is C/C(=N/NC(=O)c1cccc(S(=O)(=O)Nc2ccc(Cl)cc2)c1)c1ccc(C#N)cc1. The molecule has 3 aromatic rings. The molecule has 9 heteroatoms. The molecule has 0 radical (unpaired) electrons. The average Bonchev–Trinajstić information content (AvgIpc) is 2.78. The maximum absolute atomic E-state index is 12.6. The maximum Gasteiger partial charge on any atom is 0.271 e. The van der Waals surface area contributed by atoms with E-state index in [2.05, 4.69) is 15.2 Å². The summed E-state index contributed by atoms with van der Waals surface area (Å²) in [5, 5.41) is 13.4. The lowest BCUT2D eigenvalue weighted by molar-refractivity contribution is 0.0954. The van der Waals surface area contributed by atoms with Crippen molar-refractivity contribution in [3.8, 4) is 6.07 Å². The van der Waals surface area contributed by atoms with Crippen LogP contribution in [0.15, 0.2) is 82.8 Å². The number of hydrogen-bond acceptors (Lipinski definition) is 5. The Labute approximate surface area is 185 Å². The van der Waals surface area contributed by atoms with Gasteiger partial charge in [-0.25, -0.2) is 13.8 Å². The monoisotopic (exact) mass is 452 g/mol. The van der Waals surface area contributed by atoms with Gasteiger partial charge in [-0.15, -0.1) is 0 Å². The minimum atomic E-state index is -3.90. The summed E-state index contributed by atoms with van der Waals surface area (Å²) in [6.45, 7) is 1.71. The topological polar surface area (TPSA) is 111 Å². The number of rotatable bonds is 6. The number of sulfonamides is 1. The Morgan fingerprint density at radius 2 is 1.68 bits per heavy atom. The first kappa shape index (κ1) is 22.0. The van der Waals surface area contributed by atoms with Crippen molar-refractivity contribution < 1.29 is 13.2 Å². The average molecular weight is 453 g/mol. The van der Waals surface area contributed by atoms with Crippen LogP contribution in [0.25, 0.3) is 0 Å². The van der Waals surface area contributed by atoms with Gasteiger partial charge in [0.05, 0.1) is 22.2 Å². The zero-order chi connectivity index (χ0) is 22.4. The van der Waals surface area contributed by atoms with Crippen molar-refractivity contribution in [2.45, 2.75) is 11.8 Å². The highest BCUT2D eigenvalue weighted by molar-refractivity contribution is 7.92. The molecule has 0 saturated heterocycles. The van der Waals surface area contributed by atoms with Crippen LogP contribution in [0.3, 0.4) is 0 Å². The fourth-order valence-electron chi connectivity index (χ4n) is 2.59. The molecule has 0 atom stereocenters. The van der Waals surface area contributed by atoms with Gasteiger partial charge in [-0.05, 0) is 67.1 Å². The number of halogens is 1. The van der Waals surface area contributed by atoms with Crippen molar-refractivity contribution in [3.63, 3.8) is 0 Å². The van der Waals surface area contributed by atoms with Crippen LogP contribution >= 0.6 is 11.6 Å². The number of carbonyl (C=O) groups is 1. The van der Waals surface area contributed by atoms with E-state index in [1.807, 2.05) is 6.07 Å². The summed E-state index contributed by atoms with van der Waals surface area (Å²) in [5.41, 5.74) is 4.69. The van der Waals surface area contributed by atoms with Crippen LogP contribution in [0, 0.1) is 11.3 Å². The lowest BCUT2D eigenvalue weighted by atomic mass is 10.1. The lowest BCUT2D eigenvalue weighted by Crippen LogP contribution is -2.20. The second-order valence-corrected chi connectivity index (χ2v) is 8.59. The highest BCUT2D eigenvalue weighted by Crippen LogP contribution is 2.19. The minimum Gasteiger partial charge on any atom is -0.280 e. The van der Waals surface area contributed by atoms with E-state index in [0.29, 0.717) is 22.0 Å². The molecular formula is C22H17ClN4O3S. The Balaban J connectivity index is 1.74. The normalized spacial score (nSPS) is 11.5. The van der Waals surface area contributed by atoms with Gasteiger partial charge in [-0.3, -0.25) is 9.52 Å². The van der Waals surface area contributed by atoms with E-state index < -0.39 is 15.9 Å². The molecule has 0 fully saturated rings. The second-order valence-electron chi connectivity index (χ2n) is 6.47. The maximum atomic E-state index is 12.6. The zero-order valence-electron chi connectivity index (χ0n) is 16.3. The molecule has 0 spiro atoms. The summed E-state index contributed by atoms with van der Waals surface area (Å²) in [4.78, 5) is 12.4. The highest BCUT2D eigenvalue weighted by Gasteiger charge is 2.16. The van der Waals surface area contributed by atoms with Crippen LogP contribution in [-0.4, -0.2) is 20.0 Å². The van der Waals surface area contributed by atoms with Crippen molar-refractivity contribution in [2.24, 2.45) is 5.10 Å². The molecule has 31 heavy (non-hydrogen) atoms. The Morgan fingerprint density at radius 3 is 2.32 bits per heavy atom. The first-order valence-electron chi connectivity index (χ1n) is 9.02. The number of amides is 1. The molecule has 2 N–H and O–H groups in total. The fourth-order valence-corrected chi connectivity index (χ4v) is 3.82. The quantitative estimate of drug-likeness (QED) is 0.431. The van der Waals surface area contributed by atoms with Gasteiger partial charge in [0.2, 0.25) is 0 Å². The van der Waals surface area contributed by atoms with Gasteiger partial charge in [0.1, 0.15) is 0 Å². The Kier molecular flexibility index (Phi) is 6.70. The van der Waals surface area contributed by atoms with Crippen molar-refractivity contribution >= 4 is 38.9 Å². The van der Waals surface area contributed by atoms with Crippen LogP contribution in [0.5, 0.6) is 0 Å². The summed E-state index contributed by atoms with van der Waals surface area (Å²) < 4.78 is 27.7. The van der Waals surface area contributed by atoms with Gasteiger partial charge < -0.3 is 0 Å². The van der Waals surface area contributed by atoms with Crippen LogP contribution < -0.4 is 10.1 Å². The predicted molar refractivity (Wildman–Crippen MR) is 120 cm³/mol. The lowest BCUT2D eigenvalue weighted by Gasteiger charge is -2.09. The molecular weight excluding hydrogens is 436 g/mol. The van der Waals surface area contributed by atoms with E-state index in [-0.39, 0.29) is 10.5 Å². The van der Waals surface area contributed by atoms with Crippen molar-refractivity contribution in [1.82, 2.24) is 5.43 Å². The molecule has 7 nitrogen and oxygen atoms in total. The van der Waals surface area contributed by atoms with Crippen LogP contribution in [-0.2, 0) is 10.0 Å². The van der Waals surface area contributed by atoms with Gasteiger partial charge in [0.15, 0.2) is 0 Å². The summed E-state index contributed by atoms with van der Waals surface area (Å²) in [6.07, 6.45) is 0. The van der Waals surface area contributed by atoms with E-state index in [9.17, 15) is 13.2 Å². The van der Waals surface area contributed by atoms with Gasteiger partial charge in [-0.2, -0.15) is 10.4 Å². The predicted octanol–water partition coefficient (Wildman–Crippen LogP) is 4.17. The molecule has 1 amide bonds. The third-order valence-electron chi connectivity index (χ3n) is 4.26. The Morgan fingerprint density at radius 1 is 1.00 bits per heavy atom. The summed E-state index contributed by atoms with van der Waals surface area (Å²) >= 11 is 5.82. The largest absolute Gasteiger partial charge is 0.280 e. The molecule has 3 aromatic carbocycles. The number of hydrogen-bond donors (Lipinski definition) is 2. The minimum absolute atomic E-state index is 0.0668. The number of anilines is 1. The number of nitriles is 1. The van der Waals surface area contributed by atoms with Gasteiger partial charge >= 0.3 is 0 Å². The molecule has 0 aromatic heterocycles. The number of carbonyl (C=O) groups excluding carboxylic acids is 1. The van der Waals surface area contributed by atoms with E-state index in [0.717, 1.165) is 5.56 Å². The number of nitrogens with zero attached hydrogens (tertiary/aromatic N) is 2. The summed E-state index contributed by atoms with van der Waals surface area (Å²) in [5.74, 6) is -0.559. The molecule has 156 valence electrons. The Bertz CT molecular complexity index is 1280. The Hall–Kier alpha value is -3.67. The third kappa shape index (κ3) is 5.69. The third-order valence-corrected chi connectivity index (χ3v) is 5.89.